The summed E-state index contributed by atoms with van der Waals surface area (Å²) in [6, 6.07) is 2.70. The Balaban J connectivity index is 3.15. The van der Waals surface area contributed by atoms with E-state index in [1.807, 2.05) is 18.8 Å². The molecule has 0 heterocycles. The van der Waals surface area contributed by atoms with Crippen LogP contribution in [-0.2, 0) is 0 Å². The largest absolute Gasteiger partial charge is 0.496 e. The lowest BCUT2D eigenvalue weighted by Crippen LogP contribution is -2.19. The zero-order valence-electron chi connectivity index (χ0n) is 12.4. The minimum atomic E-state index is 0.431. The normalized spacial score (nSPS) is 12.6. The second-order valence-electron chi connectivity index (χ2n) is 4.69. The van der Waals surface area contributed by atoms with E-state index in [0.29, 0.717) is 6.04 Å². The van der Waals surface area contributed by atoms with Gasteiger partial charge in [-0.05, 0) is 68.5 Å². The first kappa shape index (κ1) is 15.4. The molecule has 1 rings (SSSR count). The van der Waals surface area contributed by atoms with Gasteiger partial charge in [0, 0.05) is 6.04 Å². The molecular formula is C15H25NOS. The van der Waals surface area contributed by atoms with E-state index < -0.39 is 0 Å². The maximum absolute atomic E-state index is 5.48. The first-order chi connectivity index (χ1) is 8.56. The van der Waals surface area contributed by atoms with Gasteiger partial charge in [-0.2, -0.15) is 11.8 Å². The summed E-state index contributed by atoms with van der Waals surface area (Å²) >= 11 is 1.90. The Labute approximate surface area is 116 Å². The molecule has 0 amide bonds. The number of rotatable bonds is 6. The van der Waals surface area contributed by atoms with Gasteiger partial charge in [0.05, 0.1) is 7.11 Å². The summed E-state index contributed by atoms with van der Waals surface area (Å²) in [5, 5.41) is 3.43. The van der Waals surface area contributed by atoms with Gasteiger partial charge in [0.1, 0.15) is 5.75 Å². The minimum Gasteiger partial charge on any atom is -0.496 e. The van der Waals surface area contributed by atoms with Crippen molar-refractivity contribution in [2.24, 2.45) is 0 Å². The van der Waals surface area contributed by atoms with Crippen molar-refractivity contribution in [2.45, 2.75) is 33.2 Å². The van der Waals surface area contributed by atoms with Crippen molar-refractivity contribution in [1.29, 1.82) is 0 Å². The number of nitrogens with one attached hydrogen (secondary N) is 1. The monoisotopic (exact) mass is 267 g/mol. The van der Waals surface area contributed by atoms with Crippen LogP contribution >= 0.6 is 11.8 Å². The SMILES string of the molecule is CNC(CCSC)c1cc(C)c(OC)c(C)c1C. The molecule has 18 heavy (non-hydrogen) atoms. The van der Waals surface area contributed by atoms with Gasteiger partial charge in [-0.1, -0.05) is 6.07 Å². The predicted molar refractivity (Wildman–Crippen MR) is 82.0 cm³/mol. The number of aryl methyl sites for hydroxylation is 1. The molecule has 0 saturated carbocycles. The Morgan fingerprint density at radius 1 is 1.28 bits per heavy atom. The number of benzene rings is 1. The highest BCUT2D eigenvalue weighted by molar-refractivity contribution is 7.98. The fourth-order valence-corrected chi connectivity index (χ4v) is 2.93. The molecular weight excluding hydrogens is 242 g/mol. The van der Waals surface area contributed by atoms with Crippen molar-refractivity contribution in [3.8, 4) is 5.75 Å². The Hall–Kier alpha value is -0.670. The fourth-order valence-electron chi connectivity index (χ4n) is 2.46. The number of ether oxygens (including phenoxy) is 1. The topological polar surface area (TPSA) is 21.3 Å². The second kappa shape index (κ2) is 7.05. The molecule has 1 aromatic carbocycles. The standard InChI is InChI=1S/C15H25NOS/c1-10-9-13(14(16-4)7-8-18-6)11(2)12(3)15(10)17-5/h9,14,16H,7-8H2,1-6H3. The van der Waals surface area contributed by atoms with Crippen molar-refractivity contribution >= 4 is 11.8 Å². The summed E-state index contributed by atoms with van der Waals surface area (Å²) in [4.78, 5) is 0. The molecule has 0 aliphatic carbocycles. The van der Waals surface area contributed by atoms with Crippen molar-refractivity contribution < 1.29 is 4.74 Å². The smallest absolute Gasteiger partial charge is 0.124 e. The Bertz CT molecular complexity index is 404. The average molecular weight is 267 g/mol. The fraction of sp³-hybridized carbons (Fsp3) is 0.600. The van der Waals surface area contributed by atoms with Crippen LogP contribution in [0.5, 0.6) is 5.75 Å². The first-order valence-electron chi connectivity index (χ1n) is 6.37. The number of hydrogen-bond donors (Lipinski definition) is 1. The van der Waals surface area contributed by atoms with Crippen LogP contribution in [0.25, 0.3) is 0 Å². The summed E-state index contributed by atoms with van der Waals surface area (Å²) in [5.74, 6) is 2.20. The summed E-state index contributed by atoms with van der Waals surface area (Å²) in [5.41, 5.74) is 5.23. The molecule has 1 atom stereocenters. The predicted octanol–water partition coefficient (Wildman–Crippen LogP) is 3.63. The summed E-state index contributed by atoms with van der Waals surface area (Å²) < 4.78 is 5.48. The maximum Gasteiger partial charge on any atom is 0.124 e. The summed E-state index contributed by atoms with van der Waals surface area (Å²) in [6.07, 6.45) is 3.31. The minimum absolute atomic E-state index is 0.431. The van der Waals surface area contributed by atoms with Crippen molar-refractivity contribution in [1.82, 2.24) is 5.32 Å². The van der Waals surface area contributed by atoms with Crippen LogP contribution in [0.3, 0.4) is 0 Å². The molecule has 1 aromatic rings. The molecule has 1 unspecified atom stereocenters. The highest BCUT2D eigenvalue weighted by Crippen LogP contribution is 2.32. The van der Waals surface area contributed by atoms with E-state index in [4.69, 9.17) is 4.74 Å². The van der Waals surface area contributed by atoms with Gasteiger partial charge in [0.25, 0.3) is 0 Å². The van der Waals surface area contributed by atoms with Crippen molar-refractivity contribution in [3.05, 3.63) is 28.3 Å². The number of thioether (sulfide) groups is 1. The lowest BCUT2D eigenvalue weighted by molar-refractivity contribution is 0.407. The van der Waals surface area contributed by atoms with E-state index >= 15 is 0 Å². The molecule has 0 fully saturated rings. The Kier molecular flexibility index (Phi) is 6.03. The van der Waals surface area contributed by atoms with E-state index in [1.165, 1.54) is 28.0 Å². The van der Waals surface area contributed by atoms with Gasteiger partial charge in [0.15, 0.2) is 0 Å². The highest BCUT2D eigenvalue weighted by atomic mass is 32.2. The molecule has 0 saturated heterocycles. The molecule has 1 N–H and O–H groups in total. The van der Waals surface area contributed by atoms with Crippen molar-refractivity contribution in [3.63, 3.8) is 0 Å². The Morgan fingerprint density at radius 2 is 1.94 bits per heavy atom. The third-order valence-electron chi connectivity index (χ3n) is 3.60. The van der Waals surface area contributed by atoms with Crippen LogP contribution in [0.4, 0.5) is 0 Å². The maximum atomic E-state index is 5.48. The zero-order chi connectivity index (χ0) is 13.7. The summed E-state index contributed by atoms with van der Waals surface area (Å²) in [6.45, 7) is 6.46. The van der Waals surface area contributed by atoms with Gasteiger partial charge in [-0.3, -0.25) is 0 Å². The number of hydrogen-bond acceptors (Lipinski definition) is 3. The van der Waals surface area contributed by atoms with E-state index in [9.17, 15) is 0 Å². The van der Waals surface area contributed by atoms with E-state index in [2.05, 4.69) is 38.4 Å². The molecule has 0 spiro atoms. The number of methoxy groups -OCH3 is 1. The third kappa shape index (κ3) is 3.21. The van der Waals surface area contributed by atoms with Gasteiger partial charge in [-0.15, -0.1) is 0 Å². The van der Waals surface area contributed by atoms with Crippen LogP contribution in [-0.4, -0.2) is 26.2 Å². The van der Waals surface area contributed by atoms with Gasteiger partial charge < -0.3 is 10.1 Å². The lowest BCUT2D eigenvalue weighted by atomic mass is 9.93. The quantitative estimate of drug-likeness (QED) is 0.850. The van der Waals surface area contributed by atoms with Crippen molar-refractivity contribution in [2.75, 3.05) is 26.2 Å². The van der Waals surface area contributed by atoms with Gasteiger partial charge >= 0.3 is 0 Å². The van der Waals surface area contributed by atoms with E-state index in [1.54, 1.807) is 7.11 Å². The molecule has 102 valence electrons. The van der Waals surface area contributed by atoms with E-state index in [-0.39, 0.29) is 0 Å². The summed E-state index contributed by atoms with van der Waals surface area (Å²) in [7, 11) is 3.79. The Morgan fingerprint density at radius 3 is 2.44 bits per heavy atom. The van der Waals surface area contributed by atoms with E-state index in [0.717, 1.165) is 12.2 Å². The van der Waals surface area contributed by atoms with Crippen LogP contribution < -0.4 is 10.1 Å². The third-order valence-corrected chi connectivity index (χ3v) is 4.25. The molecule has 0 aliphatic rings. The van der Waals surface area contributed by atoms with Crippen LogP contribution in [0.15, 0.2) is 6.07 Å². The zero-order valence-corrected chi connectivity index (χ0v) is 13.2. The average Bonchev–Trinajstić information content (AvgIpc) is 2.36. The molecule has 0 aliphatic heterocycles. The molecule has 2 nitrogen and oxygen atoms in total. The highest BCUT2D eigenvalue weighted by Gasteiger charge is 2.16. The van der Waals surface area contributed by atoms with Crippen LogP contribution in [0, 0.1) is 20.8 Å². The second-order valence-corrected chi connectivity index (χ2v) is 5.67. The van der Waals surface area contributed by atoms with Crippen LogP contribution in [0.2, 0.25) is 0 Å². The van der Waals surface area contributed by atoms with Crippen LogP contribution in [0.1, 0.15) is 34.7 Å². The van der Waals surface area contributed by atoms with Gasteiger partial charge in [0.2, 0.25) is 0 Å². The lowest BCUT2D eigenvalue weighted by Gasteiger charge is -2.22. The molecule has 0 radical (unpaired) electrons. The molecule has 3 heteroatoms. The first-order valence-corrected chi connectivity index (χ1v) is 7.77. The van der Waals surface area contributed by atoms with Gasteiger partial charge in [-0.25, -0.2) is 0 Å². The molecule has 0 aromatic heterocycles. The molecule has 0 bridgehead atoms.